The molecular weight excluding hydrogens is 502 g/mol. The Morgan fingerprint density at radius 3 is 2.39 bits per heavy atom. The van der Waals surface area contributed by atoms with E-state index in [1.165, 1.54) is 4.90 Å². The van der Waals surface area contributed by atoms with Gasteiger partial charge in [-0.2, -0.15) is 0 Å². The van der Waals surface area contributed by atoms with Gasteiger partial charge in [0.15, 0.2) is 6.10 Å². The van der Waals surface area contributed by atoms with Crippen LogP contribution in [0.25, 0.3) is 0 Å². The number of carbonyl (C=O) groups is 2. The smallest absolute Gasteiger partial charge is 0.263 e. The van der Waals surface area contributed by atoms with E-state index < -0.39 is 22.2 Å². The minimum absolute atomic E-state index is 0.0112. The molecule has 2 amide bonds. The second-order valence-corrected chi connectivity index (χ2v) is 10.7. The molecule has 1 aliphatic rings. The standard InChI is InChI=1S/C26H26ClN3O5S/c1-36(33,34)29-21(19-11-13-20(27)14-12-19)15-25(31)30-17-24(35-23-10-6-5-9-22(23)30)26(32)28-16-18-7-3-2-4-8-18/h2-14,21,24,29H,15-17H2,1H3,(H,28,32). The zero-order valence-corrected chi connectivity index (χ0v) is 21.1. The van der Waals surface area contributed by atoms with Crippen LogP contribution in [0, 0.1) is 0 Å². The number of ether oxygens (including phenoxy) is 1. The summed E-state index contributed by atoms with van der Waals surface area (Å²) < 4.78 is 32.5. The molecule has 36 heavy (non-hydrogen) atoms. The normalized spacial score (nSPS) is 15.9. The van der Waals surface area contributed by atoms with Crippen LogP contribution in [-0.4, -0.2) is 39.1 Å². The van der Waals surface area contributed by atoms with E-state index in [1.54, 1.807) is 48.5 Å². The summed E-state index contributed by atoms with van der Waals surface area (Å²) in [5.74, 6) is -0.312. The van der Waals surface area contributed by atoms with Gasteiger partial charge >= 0.3 is 0 Å². The van der Waals surface area contributed by atoms with Crippen LogP contribution < -0.4 is 19.7 Å². The molecule has 3 aromatic carbocycles. The Bertz CT molecular complexity index is 1330. The Morgan fingerprint density at radius 1 is 1.03 bits per heavy atom. The maximum absolute atomic E-state index is 13.5. The Hall–Kier alpha value is -3.40. The zero-order chi connectivity index (χ0) is 25.7. The first-order chi connectivity index (χ1) is 17.2. The van der Waals surface area contributed by atoms with Gasteiger partial charge in [0.1, 0.15) is 5.75 Å². The van der Waals surface area contributed by atoms with Crippen LogP contribution in [0.4, 0.5) is 5.69 Å². The summed E-state index contributed by atoms with van der Waals surface area (Å²) in [7, 11) is -3.62. The SMILES string of the molecule is CS(=O)(=O)NC(CC(=O)N1CC(C(=O)NCc2ccccc2)Oc2ccccc21)c1ccc(Cl)cc1. The van der Waals surface area contributed by atoms with Gasteiger partial charge in [0.25, 0.3) is 5.91 Å². The van der Waals surface area contributed by atoms with Crippen molar-refractivity contribution in [2.45, 2.75) is 25.1 Å². The Kier molecular flexibility index (Phi) is 7.93. The number of para-hydroxylation sites is 2. The molecule has 8 nitrogen and oxygen atoms in total. The number of halogens is 1. The second-order valence-electron chi connectivity index (χ2n) is 8.48. The van der Waals surface area contributed by atoms with Gasteiger partial charge in [-0.1, -0.05) is 66.2 Å². The molecule has 4 rings (SSSR count). The molecule has 3 aromatic rings. The highest BCUT2D eigenvalue weighted by Gasteiger charge is 2.35. The number of amides is 2. The van der Waals surface area contributed by atoms with Gasteiger partial charge in [-0.25, -0.2) is 13.1 Å². The number of hydrogen-bond acceptors (Lipinski definition) is 5. The third kappa shape index (κ3) is 6.63. The van der Waals surface area contributed by atoms with Gasteiger partial charge in [0, 0.05) is 18.0 Å². The summed E-state index contributed by atoms with van der Waals surface area (Å²) >= 11 is 5.98. The third-order valence-corrected chi connectivity index (χ3v) is 6.65. The summed E-state index contributed by atoms with van der Waals surface area (Å²) in [4.78, 5) is 27.9. The highest BCUT2D eigenvalue weighted by Crippen LogP contribution is 2.34. The van der Waals surface area contributed by atoms with Gasteiger partial charge in [0.05, 0.1) is 24.5 Å². The van der Waals surface area contributed by atoms with Crippen LogP contribution >= 0.6 is 11.6 Å². The van der Waals surface area contributed by atoms with E-state index in [0.29, 0.717) is 28.6 Å². The molecule has 0 radical (unpaired) electrons. The molecule has 1 heterocycles. The summed E-state index contributed by atoms with van der Waals surface area (Å²) in [6.45, 7) is 0.314. The van der Waals surface area contributed by atoms with Crippen LogP contribution in [-0.2, 0) is 26.2 Å². The molecule has 0 aliphatic carbocycles. The number of rotatable bonds is 8. The molecule has 0 saturated heterocycles. The van der Waals surface area contributed by atoms with Gasteiger partial charge in [-0.3, -0.25) is 9.59 Å². The molecule has 188 valence electrons. The van der Waals surface area contributed by atoms with E-state index in [4.69, 9.17) is 16.3 Å². The molecule has 10 heteroatoms. The van der Waals surface area contributed by atoms with Crippen LogP contribution in [0.5, 0.6) is 5.75 Å². The highest BCUT2D eigenvalue weighted by molar-refractivity contribution is 7.88. The zero-order valence-electron chi connectivity index (χ0n) is 19.6. The molecular formula is C26H26ClN3O5S. The van der Waals surface area contributed by atoms with Crippen LogP contribution in [0.15, 0.2) is 78.9 Å². The van der Waals surface area contributed by atoms with Gasteiger partial charge in [0.2, 0.25) is 15.9 Å². The predicted octanol–water partition coefficient (Wildman–Crippen LogP) is 3.43. The lowest BCUT2D eigenvalue weighted by atomic mass is 10.0. The van der Waals surface area contributed by atoms with E-state index in [0.717, 1.165) is 11.8 Å². The number of hydrogen-bond donors (Lipinski definition) is 2. The lowest BCUT2D eigenvalue weighted by Crippen LogP contribution is -2.51. The number of carbonyl (C=O) groups excluding carboxylic acids is 2. The molecule has 2 unspecified atom stereocenters. The van der Waals surface area contributed by atoms with Crippen molar-refractivity contribution in [3.05, 3.63) is 95.0 Å². The van der Waals surface area contributed by atoms with Crippen LogP contribution in [0.3, 0.4) is 0 Å². The number of anilines is 1. The first kappa shape index (κ1) is 25.7. The lowest BCUT2D eigenvalue weighted by molar-refractivity contribution is -0.128. The molecule has 0 fully saturated rings. The largest absolute Gasteiger partial charge is 0.477 e. The molecule has 0 bridgehead atoms. The van der Waals surface area contributed by atoms with E-state index in [-0.39, 0.29) is 24.8 Å². The minimum atomic E-state index is -3.62. The van der Waals surface area contributed by atoms with Crippen molar-refractivity contribution in [3.8, 4) is 5.75 Å². The molecule has 0 spiro atoms. The molecule has 2 N–H and O–H groups in total. The lowest BCUT2D eigenvalue weighted by Gasteiger charge is -2.35. The Balaban J connectivity index is 1.54. The summed E-state index contributed by atoms with van der Waals surface area (Å²) in [6.07, 6.45) is -0.0525. The summed E-state index contributed by atoms with van der Waals surface area (Å²) in [5.41, 5.74) is 2.05. The molecule has 0 saturated carbocycles. The predicted molar refractivity (Wildman–Crippen MR) is 138 cm³/mol. The second kappa shape index (κ2) is 11.1. The summed E-state index contributed by atoms with van der Waals surface area (Å²) in [6, 6.07) is 22.2. The maximum Gasteiger partial charge on any atom is 0.263 e. The molecule has 1 aliphatic heterocycles. The molecule has 2 atom stereocenters. The topological polar surface area (TPSA) is 105 Å². The average Bonchev–Trinajstić information content (AvgIpc) is 2.86. The van der Waals surface area contributed by atoms with E-state index in [2.05, 4.69) is 10.0 Å². The number of fused-ring (bicyclic) bond motifs is 1. The minimum Gasteiger partial charge on any atom is -0.477 e. The number of nitrogens with one attached hydrogen (secondary N) is 2. The fraction of sp³-hybridized carbons (Fsp3) is 0.231. The van der Waals surface area contributed by atoms with E-state index in [1.807, 2.05) is 30.3 Å². The number of benzene rings is 3. The van der Waals surface area contributed by atoms with Crippen molar-refractivity contribution >= 4 is 39.1 Å². The Labute approximate surface area is 215 Å². The average molecular weight is 528 g/mol. The summed E-state index contributed by atoms with van der Waals surface area (Å²) in [5, 5.41) is 3.35. The molecule has 0 aromatic heterocycles. The van der Waals surface area contributed by atoms with Crippen molar-refractivity contribution in [3.63, 3.8) is 0 Å². The first-order valence-electron chi connectivity index (χ1n) is 11.3. The number of nitrogens with zero attached hydrogens (tertiary/aromatic N) is 1. The van der Waals surface area contributed by atoms with Crippen LogP contribution in [0.2, 0.25) is 5.02 Å². The van der Waals surface area contributed by atoms with Gasteiger partial charge in [-0.15, -0.1) is 0 Å². The van der Waals surface area contributed by atoms with Crippen molar-refractivity contribution in [1.82, 2.24) is 10.0 Å². The Morgan fingerprint density at radius 2 is 1.69 bits per heavy atom. The number of sulfonamides is 1. The van der Waals surface area contributed by atoms with Crippen molar-refractivity contribution in [2.24, 2.45) is 0 Å². The van der Waals surface area contributed by atoms with Gasteiger partial charge < -0.3 is 15.0 Å². The van der Waals surface area contributed by atoms with Gasteiger partial charge in [-0.05, 0) is 35.4 Å². The van der Waals surface area contributed by atoms with Crippen molar-refractivity contribution in [1.29, 1.82) is 0 Å². The maximum atomic E-state index is 13.5. The van der Waals surface area contributed by atoms with E-state index in [9.17, 15) is 18.0 Å². The third-order valence-electron chi connectivity index (χ3n) is 5.68. The van der Waals surface area contributed by atoms with Crippen LogP contribution in [0.1, 0.15) is 23.6 Å². The highest BCUT2D eigenvalue weighted by atomic mass is 35.5. The van der Waals surface area contributed by atoms with Crippen molar-refractivity contribution < 1.29 is 22.7 Å². The monoisotopic (exact) mass is 527 g/mol. The van der Waals surface area contributed by atoms with Crippen molar-refractivity contribution in [2.75, 3.05) is 17.7 Å². The van der Waals surface area contributed by atoms with E-state index >= 15 is 0 Å². The fourth-order valence-electron chi connectivity index (χ4n) is 3.97. The quantitative estimate of drug-likeness (QED) is 0.467. The fourth-order valence-corrected chi connectivity index (χ4v) is 4.83. The first-order valence-corrected chi connectivity index (χ1v) is 13.6.